The van der Waals surface area contributed by atoms with Gasteiger partial charge in [0.15, 0.2) is 18.7 Å². The maximum Gasteiger partial charge on any atom is 0.338 e. The Morgan fingerprint density at radius 3 is 1.20 bits per heavy atom. The van der Waals surface area contributed by atoms with Crippen LogP contribution in [-0.4, -0.2) is 91.7 Å². The zero-order chi connectivity index (χ0) is 50.7. The van der Waals surface area contributed by atoms with Crippen molar-refractivity contribution in [3.05, 3.63) is 251 Å². The lowest BCUT2D eigenvalue weighted by Crippen LogP contribution is -2.66. The van der Waals surface area contributed by atoms with E-state index in [-0.39, 0.29) is 45.2 Å². The van der Waals surface area contributed by atoms with Crippen LogP contribution >= 0.6 is 0 Å². The number of hydrogen-bond acceptors (Lipinski definition) is 13. The third-order valence-electron chi connectivity index (χ3n) is 12.7. The van der Waals surface area contributed by atoms with Crippen molar-refractivity contribution in [2.24, 2.45) is 0 Å². The number of benzene rings is 7. The SMILES string of the molecule is O=C(OC[C@H]1O[C@@H](O[C@H]2[C@@H](OCc3ccccc3)[C@H](OCc3ccccc3)[C@@H](COCc3ccccc3)O[C@@H]2O)[C@@H](OCc2ccccc2)[C@@H](OCc2ccccc2)[C@@H]1OC(=O)c1ccccc1)c1ccccc1. The Bertz CT molecular complexity index is 2720. The Kier molecular flexibility index (Phi) is 18.9. The van der Waals surface area contributed by atoms with E-state index in [0.29, 0.717) is 5.56 Å². The zero-order valence-electron chi connectivity index (χ0n) is 40.8. The van der Waals surface area contributed by atoms with Gasteiger partial charge in [-0.15, -0.1) is 0 Å². The van der Waals surface area contributed by atoms with Gasteiger partial charge in [0.25, 0.3) is 0 Å². The molecule has 7 aromatic carbocycles. The second-order valence-corrected chi connectivity index (χ2v) is 18.0. The monoisotopic (exact) mass is 1000 g/mol. The molecule has 2 fully saturated rings. The number of ether oxygens (including phenoxy) is 10. The van der Waals surface area contributed by atoms with Crippen LogP contribution in [0.4, 0.5) is 0 Å². The first-order valence-corrected chi connectivity index (χ1v) is 24.8. The average molecular weight is 1000 g/mol. The first-order valence-electron chi connectivity index (χ1n) is 24.8. The molecule has 0 amide bonds. The molecule has 0 spiro atoms. The fourth-order valence-electron chi connectivity index (χ4n) is 8.87. The summed E-state index contributed by atoms with van der Waals surface area (Å²) in [6.45, 7) is 0.289. The van der Waals surface area contributed by atoms with Crippen molar-refractivity contribution in [3.8, 4) is 0 Å². The summed E-state index contributed by atoms with van der Waals surface area (Å²) >= 11 is 0. The highest BCUT2D eigenvalue weighted by Crippen LogP contribution is 2.36. The summed E-state index contributed by atoms with van der Waals surface area (Å²) in [5, 5.41) is 12.3. The number of esters is 2. The summed E-state index contributed by atoms with van der Waals surface area (Å²) in [4.78, 5) is 27.8. The number of hydrogen-bond donors (Lipinski definition) is 1. The average Bonchev–Trinajstić information content (AvgIpc) is 3.45. The minimum absolute atomic E-state index is 0.0325. The molecule has 382 valence electrons. The van der Waals surface area contributed by atoms with Crippen LogP contribution in [0.3, 0.4) is 0 Å². The Labute approximate surface area is 431 Å². The van der Waals surface area contributed by atoms with Crippen LogP contribution in [0.15, 0.2) is 212 Å². The third-order valence-corrected chi connectivity index (χ3v) is 12.7. The zero-order valence-corrected chi connectivity index (χ0v) is 40.8. The molecule has 1 N–H and O–H groups in total. The molecule has 74 heavy (non-hydrogen) atoms. The molecule has 0 aliphatic carbocycles. The van der Waals surface area contributed by atoms with Crippen molar-refractivity contribution in [3.63, 3.8) is 0 Å². The van der Waals surface area contributed by atoms with E-state index < -0.39 is 80.0 Å². The Morgan fingerprint density at radius 2 is 0.743 bits per heavy atom. The molecule has 0 bridgehead atoms. The topological polar surface area (TPSA) is 147 Å². The van der Waals surface area contributed by atoms with Gasteiger partial charge in [-0.1, -0.05) is 188 Å². The van der Waals surface area contributed by atoms with E-state index in [1.807, 2.05) is 152 Å². The highest BCUT2D eigenvalue weighted by Gasteiger charge is 2.55. The van der Waals surface area contributed by atoms with Crippen LogP contribution in [0, 0.1) is 0 Å². The van der Waals surface area contributed by atoms with Crippen LogP contribution in [0.25, 0.3) is 0 Å². The molecule has 9 rings (SSSR count). The first-order chi connectivity index (χ1) is 36.4. The predicted octanol–water partition coefficient (Wildman–Crippen LogP) is 9.45. The van der Waals surface area contributed by atoms with E-state index in [9.17, 15) is 14.7 Å². The summed E-state index contributed by atoms with van der Waals surface area (Å²) in [5.74, 6) is -1.30. The van der Waals surface area contributed by atoms with Gasteiger partial charge in [-0.05, 0) is 52.1 Å². The number of rotatable bonds is 23. The normalized spacial score (nSPS) is 23.6. The lowest BCUT2D eigenvalue weighted by molar-refractivity contribution is -0.375. The van der Waals surface area contributed by atoms with Crippen molar-refractivity contribution in [1.82, 2.24) is 0 Å². The van der Waals surface area contributed by atoms with Crippen molar-refractivity contribution >= 4 is 11.9 Å². The molecule has 0 saturated carbocycles. The van der Waals surface area contributed by atoms with Crippen LogP contribution in [0.1, 0.15) is 48.5 Å². The van der Waals surface area contributed by atoms with Gasteiger partial charge in [0, 0.05) is 0 Å². The van der Waals surface area contributed by atoms with Crippen LogP contribution in [0.5, 0.6) is 0 Å². The molecule has 2 aliphatic heterocycles. The number of carbonyl (C=O) groups is 2. The van der Waals surface area contributed by atoms with Crippen molar-refractivity contribution in [1.29, 1.82) is 0 Å². The minimum atomic E-state index is -1.64. The Morgan fingerprint density at radius 1 is 0.378 bits per heavy atom. The van der Waals surface area contributed by atoms with Gasteiger partial charge in [-0.2, -0.15) is 0 Å². The Hall–Kier alpha value is -6.88. The molecule has 0 aromatic heterocycles. The lowest BCUT2D eigenvalue weighted by Gasteiger charge is -2.49. The molecular formula is C61H60O13. The minimum Gasteiger partial charge on any atom is -0.459 e. The van der Waals surface area contributed by atoms with Gasteiger partial charge in [0.2, 0.25) is 0 Å². The van der Waals surface area contributed by atoms with Crippen molar-refractivity contribution in [2.75, 3.05) is 13.2 Å². The molecule has 2 saturated heterocycles. The Balaban J connectivity index is 1.10. The summed E-state index contributed by atoms with van der Waals surface area (Å²) < 4.78 is 66.4. The predicted molar refractivity (Wildman–Crippen MR) is 273 cm³/mol. The maximum atomic E-state index is 14.2. The summed E-state index contributed by atoms with van der Waals surface area (Å²) in [7, 11) is 0. The van der Waals surface area contributed by atoms with Gasteiger partial charge >= 0.3 is 11.9 Å². The molecule has 0 radical (unpaired) electrons. The smallest absolute Gasteiger partial charge is 0.338 e. The number of carbonyl (C=O) groups excluding carboxylic acids is 2. The largest absolute Gasteiger partial charge is 0.459 e. The van der Waals surface area contributed by atoms with Gasteiger partial charge in [0.1, 0.15) is 49.3 Å². The molecule has 13 heteroatoms. The van der Waals surface area contributed by atoms with Gasteiger partial charge in [-0.3, -0.25) is 0 Å². The summed E-state index contributed by atoms with van der Waals surface area (Å²) in [6, 6.07) is 65.2. The molecule has 7 aromatic rings. The quantitative estimate of drug-likeness (QED) is 0.0608. The van der Waals surface area contributed by atoms with Crippen LogP contribution < -0.4 is 0 Å². The molecule has 2 aliphatic rings. The number of aliphatic hydroxyl groups is 1. The molecule has 10 atom stereocenters. The molecular weight excluding hydrogens is 941 g/mol. The van der Waals surface area contributed by atoms with Crippen molar-refractivity contribution < 1.29 is 62.1 Å². The van der Waals surface area contributed by atoms with E-state index in [4.69, 9.17) is 47.4 Å². The fraction of sp³-hybridized carbons (Fsp3) is 0.279. The highest BCUT2D eigenvalue weighted by molar-refractivity contribution is 5.90. The molecule has 13 nitrogen and oxygen atoms in total. The van der Waals surface area contributed by atoms with Gasteiger partial charge in [0.05, 0.1) is 50.8 Å². The standard InChI is InChI=1S/C61H60O13/c62-58(48-32-18-6-19-33-48)70-42-51-53(73-59(63)49-34-20-7-21-35-49)55(68-39-46-28-14-4-15-29-46)57(69-40-47-30-16-5-17-31-47)61(72-51)74-56-54(67-38-45-26-12-3-13-27-45)52(66-37-44-24-10-2-11-25-44)50(71-60(56)64)41-65-36-43-22-8-1-9-23-43/h1-35,50-57,60-61,64H,36-42H2/t50-,51-,52-,53-,54+,55+,56+,57+,60+,61+/m1/s1. The van der Waals surface area contributed by atoms with E-state index in [1.165, 1.54) is 0 Å². The van der Waals surface area contributed by atoms with Crippen LogP contribution in [0.2, 0.25) is 0 Å². The van der Waals surface area contributed by atoms with E-state index >= 15 is 0 Å². The van der Waals surface area contributed by atoms with E-state index in [2.05, 4.69) is 0 Å². The van der Waals surface area contributed by atoms with Gasteiger partial charge < -0.3 is 52.5 Å². The van der Waals surface area contributed by atoms with Crippen LogP contribution in [-0.2, 0) is 80.4 Å². The van der Waals surface area contributed by atoms with Gasteiger partial charge in [-0.25, -0.2) is 9.59 Å². The highest BCUT2D eigenvalue weighted by atomic mass is 16.8. The fourth-order valence-corrected chi connectivity index (χ4v) is 8.87. The first kappa shape index (κ1) is 52.0. The van der Waals surface area contributed by atoms with E-state index in [0.717, 1.165) is 27.8 Å². The lowest BCUT2D eigenvalue weighted by atomic mass is 9.96. The third kappa shape index (κ3) is 14.4. The van der Waals surface area contributed by atoms with Crippen molar-refractivity contribution in [2.45, 2.75) is 94.4 Å². The summed E-state index contributed by atoms with van der Waals surface area (Å²) in [5.41, 5.74) is 4.95. The maximum absolute atomic E-state index is 14.2. The molecule has 2 heterocycles. The second kappa shape index (κ2) is 26.9. The van der Waals surface area contributed by atoms with E-state index in [1.54, 1.807) is 60.7 Å². The second-order valence-electron chi connectivity index (χ2n) is 18.0. The molecule has 0 unspecified atom stereocenters. The summed E-state index contributed by atoms with van der Waals surface area (Å²) in [6.07, 6.45) is -11.9. The number of aliphatic hydroxyl groups excluding tert-OH is 1.